The second-order valence-corrected chi connectivity index (χ2v) is 8.45. The van der Waals surface area contributed by atoms with Gasteiger partial charge in [-0.25, -0.2) is 9.69 Å². The van der Waals surface area contributed by atoms with Crippen molar-refractivity contribution in [2.24, 2.45) is 0 Å². The van der Waals surface area contributed by atoms with E-state index in [-0.39, 0.29) is 29.9 Å². The molecule has 34 heavy (non-hydrogen) atoms. The first-order chi connectivity index (χ1) is 16.1. The van der Waals surface area contributed by atoms with Crippen LogP contribution in [-0.2, 0) is 23.9 Å². The molecule has 2 heterocycles. The van der Waals surface area contributed by atoms with Gasteiger partial charge >= 0.3 is 5.97 Å². The van der Waals surface area contributed by atoms with Crippen LogP contribution in [0.25, 0.3) is 0 Å². The summed E-state index contributed by atoms with van der Waals surface area (Å²) in [6.07, 6.45) is 0.425. The lowest BCUT2D eigenvalue weighted by Crippen LogP contribution is -2.57. The van der Waals surface area contributed by atoms with Crippen molar-refractivity contribution >= 4 is 35.5 Å². The van der Waals surface area contributed by atoms with Crippen molar-refractivity contribution in [1.29, 1.82) is 0 Å². The number of benzene rings is 1. The standard InChI is InChI=1S/C23H28N4O7/c1-5-16(25(3)4)19(29)24-13(2)23(33)34-12-26-18(28)11-10-17(22(26)32)27-20(30)14-8-6-7-9-15(14)21(27)31/h6-9,13,16-17H,5,10-12H2,1-4H3,(H,24,29)/t13-,16?,17-/m0/s1. The summed E-state index contributed by atoms with van der Waals surface area (Å²) in [6, 6.07) is 3.63. The average Bonchev–Trinajstić information content (AvgIpc) is 3.04. The molecule has 11 heteroatoms. The van der Waals surface area contributed by atoms with Crippen molar-refractivity contribution in [3.63, 3.8) is 0 Å². The van der Waals surface area contributed by atoms with Gasteiger partial charge in [0.25, 0.3) is 17.7 Å². The number of likely N-dealkylation sites (N-methyl/N-ethyl adjacent to an activating group) is 1. The molecular formula is C23H28N4O7. The molecule has 0 saturated carbocycles. The number of rotatable bonds is 8. The molecule has 0 radical (unpaired) electrons. The number of esters is 1. The summed E-state index contributed by atoms with van der Waals surface area (Å²) in [5.74, 6) is -3.77. The maximum absolute atomic E-state index is 13.0. The molecule has 0 aliphatic carbocycles. The quantitative estimate of drug-likeness (QED) is 0.417. The predicted molar refractivity (Wildman–Crippen MR) is 118 cm³/mol. The van der Waals surface area contributed by atoms with Gasteiger partial charge in [0, 0.05) is 6.42 Å². The maximum atomic E-state index is 13.0. The summed E-state index contributed by atoms with van der Waals surface area (Å²) < 4.78 is 5.11. The van der Waals surface area contributed by atoms with E-state index in [1.54, 1.807) is 31.1 Å². The molecule has 1 aromatic carbocycles. The molecule has 2 aliphatic rings. The number of piperidine rings is 1. The zero-order chi connectivity index (χ0) is 25.2. The van der Waals surface area contributed by atoms with E-state index in [1.807, 2.05) is 6.92 Å². The van der Waals surface area contributed by atoms with Gasteiger partial charge in [0.2, 0.25) is 11.8 Å². The predicted octanol–water partition coefficient (Wildman–Crippen LogP) is 0.146. The summed E-state index contributed by atoms with van der Waals surface area (Å²) in [6.45, 7) is 2.59. The van der Waals surface area contributed by atoms with E-state index in [1.165, 1.54) is 19.1 Å². The third kappa shape index (κ3) is 4.69. The Kier molecular flexibility index (Phi) is 7.45. The van der Waals surface area contributed by atoms with Crippen LogP contribution < -0.4 is 5.32 Å². The van der Waals surface area contributed by atoms with Crippen LogP contribution in [0.2, 0.25) is 0 Å². The Morgan fingerprint density at radius 1 is 1.12 bits per heavy atom. The molecule has 1 N–H and O–H groups in total. The molecule has 1 unspecified atom stereocenters. The van der Waals surface area contributed by atoms with Gasteiger partial charge in [-0.15, -0.1) is 0 Å². The number of nitrogens with one attached hydrogen (secondary N) is 1. The molecular weight excluding hydrogens is 444 g/mol. The highest BCUT2D eigenvalue weighted by Crippen LogP contribution is 2.29. The number of hydrogen-bond acceptors (Lipinski definition) is 8. The number of hydrogen-bond donors (Lipinski definition) is 1. The summed E-state index contributed by atoms with van der Waals surface area (Å²) in [4.78, 5) is 78.9. The zero-order valence-electron chi connectivity index (χ0n) is 19.6. The smallest absolute Gasteiger partial charge is 0.330 e. The summed E-state index contributed by atoms with van der Waals surface area (Å²) in [7, 11) is 3.49. The highest BCUT2D eigenvalue weighted by atomic mass is 16.5. The van der Waals surface area contributed by atoms with Gasteiger partial charge in [-0.3, -0.25) is 33.8 Å². The molecule has 5 amide bonds. The second-order valence-electron chi connectivity index (χ2n) is 8.45. The highest BCUT2D eigenvalue weighted by molar-refractivity contribution is 6.23. The van der Waals surface area contributed by atoms with Crippen LogP contribution in [0.5, 0.6) is 0 Å². The fourth-order valence-corrected chi connectivity index (χ4v) is 4.09. The minimum Gasteiger partial charge on any atom is -0.442 e. The minimum absolute atomic E-state index is 0.0109. The molecule has 1 aromatic rings. The normalized spacial score (nSPS) is 19.9. The number of imide groups is 2. The second kappa shape index (κ2) is 10.1. The van der Waals surface area contributed by atoms with Crippen LogP contribution in [0.3, 0.4) is 0 Å². The van der Waals surface area contributed by atoms with Gasteiger partial charge < -0.3 is 10.1 Å². The third-order valence-corrected chi connectivity index (χ3v) is 5.98. The lowest BCUT2D eigenvalue weighted by Gasteiger charge is -2.34. The van der Waals surface area contributed by atoms with Gasteiger partial charge in [0.1, 0.15) is 12.1 Å². The molecule has 0 aromatic heterocycles. The molecule has 2 aliphatic heterocycles. The molecule has 3 rings (SSSR count). The Morgan fingerprint density at radius 2 is 1.71 bits per heavy atom. The van der Waals surface area contributed by atoms with Crippen LogP contribution in [-0.4, -0.2) is 89.2 Å². The summed E-state index contributed by atoms with van der Waals surface area (Å²) in [5, 5.41) is 2.56. The molecule has 0 spiro atoms. The molecule has 0 bridgehead atoms. The number of amides is 5. The van der Waals surface area contributed by atoms with Crippen molar-refractivity contribution in [3.8, 4) is 0 Å². The summed E-state index contributed by atoms with van der Waals surface area (Å²) >= 11 is 0. The van der Waals surface area contributed by atoms with Crippen LogP contribution in [0.1, 0.15) is 53.8 Å². The van der Waals surface area contributed by atoms with E-state index >= 15 is 0 Å². The first-order valence-corrected chi connectivity index (χ1v) is 11.0. The molecule has 11 nitrogen and oxygen atoms in total. The number of ether oxygens (including phenoxy) is 1. The first kappa shape index (κ1) is 25.0. The van der Waals surface area contributed by atoms with Crippen molar-refractivity contribution in [2.75, 3.05) is 20.8 Å². The Bertz CT molecular complexity index is 1000. The number of carbonyl (C=O) groups is 6. The van der Waals surface area contributed by atoms with E-state index in [0.717, 1.165) is 9.80 Å². The lowest BCUT2D eigenvalue weighted by molar-refractivity contribution is -0.165. The first-order valence-electron chi connectivity index (χ1n) is 11.0. The number of carbonyl (C=O) groups excluding carboxylic acids is 6. The zero-order valence-corrected chi connectivity index (χ0v) is 19.6. The Morgan fingerprint density at radius 3 is 2.24 bits per heavy atom. The van der Waals surface area contributed by atoms with Gasteiger partial charge in [-0.1, -0.05) is 19.1 Å². The maximum Gasteiger partial charge on any atom is 0.330 e. The monoisotopic (exact) mass is 472 g/mol. The van der Waals surface area contributed by atoms with Gasteiger partial charge in [-0.2, -0.15) is 0 Å². The number of likely N-dealkylation sites (tertiary alicyclic amines) is 1. The van der Waals surface area contributed by atoms with Crippen molar-refractivity contribution in [1.82, 2.24) is 20.0 Å². The fraction of sp³-hybridized carbons (Fsp3) is 0.478. The Hall–Kier alpha value is -3.60. The van der Waals surface area contributed by atoms with Crippen LogP contribution in [0.15, 0.2) is 24.3 Å². The molecule has 1 saturated heterocycles. The topological polar surface area (TPSA) is 133 Å². The molecule has 1 fully saturated rings. The third-order valence-electron chi connectivity index (χ3n) is 5.98. The van der Waals surface area contributed by atoms with E-state index in [2.05, 4.69) is 5.32 Å². The summed E-state index contributed by atoms with van der Waals surface area (Å²) in [5.41, 5.74) is 0.394. The molecule has 182 valence electrons. The van der Waals surface area contributed by atoms with E-state index in [9.17, 15) is 28.8 Å². The fourth-order valence-electron chi connectivity index (χ4n) is 4.09. The Balaban J connectivity index is 1.64. The van der Waals surface area contributed by atoms with Gasteiger partial charge in [-0.05, 0) is 46.0 Å². The van der Waals surface area contributed by atoms with Gasteiger partial charge in [0.15, 0.2) is 6.73 Å². The largest absolute Gasteiger partial charge is 0.442 e. The number of fused-ring (bicyclic) bond motifs is 1. The van der Waals surface area contributed by atoms with Crippen molar-refractivity contribution in [2.45, 2.75) is 51.2 Å². The van der Waals surface area contributed by atoms with Crippen molar-refractivity contribution < 1.29 is 33.5 Å². The van der Waals surface area contributed by atoms with Gasteiger partial charge in [0.05, 0.1) is 17.2 Å². The van der Waals surface area contributed by atoms with E-state index < -0.39 is 54.5 Å². The lowest BCUT2D eigenvalue weighted by atomic mass is 10.0. The Labute approximate surface area is 197 Å². The average molecular weight is 472 g/mol. The van der Waals surface area contributed by atoms with Crippen LogP contribution in [0.4, 0.5) is 0 Å². The minimum atomic E-state index is -1.17. The highest BCUT2D eigenvalue weighted by Gasteiger charge is 2.47. The SMILES string of the molecule is CCC(C(=O)N[C@@H](C)C(=O)OCN1C(=O)CC[C@H](N2C(=O)c3ccccc3C2=O)C1=O)N(C)C. The van der Waals surface area contributed by atoms with Crippen LogP contribution >= 0.6 is 0 Å². The van der Waals surface area contributed by atoms with E-state index in [4.69, 9.17) is 4.74 Å². The van der Waals surface area contributed by atoms with E-state index in [0.29, 0.717) is 6.42 Å². The van der Waals surface area contributed by atoms with Crippen LogP contribution in [0, 0.1) is 0 Å². The number of nitrogens with zero attached hydrogens (tertiary/aromatic N) is 3. The molecule has 3 atom stereocenters. The van der Waals surface area contributed by atoms with Crippen molar-refractivity contribution in [3.05, 3.63) is 35.4 Å².